The zero-order valence-corrected chi connectivity index (χ0v) is 10.8. The van der Waals surface area contributed by atoms with Crippen LogP contribution in [0.25, 0.3) is 0 Å². The third-order valence-electron chi connectivity index (χ3n) is 2.35. The van der Waals surface area contributed by atoms with Gasteiger partial charge in [-0.2, -0.15) is 0 Å². The van der Waals surface area contributed by atoms with E-state index in [4.69, 9.17) is 23.2 Å². The molecule has 5 heteroatoms. The van der Waals surface area contributed by atoms with Crippen LogP contribution in [0.5, 0.6) is 0 Å². The zero-order chi connectivity index (χ0) is 11.0. The van der Waals surface area contributed by atoms with Crippen LogP contribution in [0.1, 0.15) is 6.42 Å². The van der Waals surface area contributed by atoms with E-state index in [-0.39, 0.29) is 10.7 Å². The molecule has 0 spiro atoms. The molecule has 1 aromatic carbocycles. The average molecular weight is 309 g/mol. The number of para-hydroxylation sites is 1. The molecule has 15 heavy (non-hydrogen) atoms. The van der Waals surface area contributed by atoms with E-state index in [1.807, 2.05) is 0 Å². The predicted molar refractivity (Wildman–Crippen MR) is 66.1 cm³/mol. The first-order valence-corrected chi connectivity index (χ1v) is 6.18. The van der Waals surface area contributed by atoms with Crippen molar-refractivity contribution in [2.24, 2.45) is 0 Å². The Labute approximate surface area is 106 Å². The van der Waals surface area contributed by atoms with Gasteiger partial charge in [-0.3, -0.25) is 4.79 Å². The number of anilines is 1. The van der Waals surface area contributed by atoms with E-state index in [1.54, 1.807) is 23.1 Å². The van der Waals surface area contributed by atoms with Gasteiger partial charge in [-0.1, -0.05) is 45.2 Å². The molecular weight excluding hydrogens is 301 g/mol. The molecule has 1 aromatic rings. The minimum absolute atomic E-state index is 0.0185. The number of hydrogen-bond donors (Lipinski definition) is 0. The van der Waals surface area contributed by atoms with Gasteiger partial charge in [0.15, 0.2) is 0 Å². The maximum absolute atomic E-state index is 11.8. The largest absolute Gasteiger partial charge is 0.309 e. The fraction of sp³-hybridized carbons (Fsp3) is 0.300. The van der Waals surface area contributed by atoms with Crippen LogP contribution < -0.4 is 4.90 Å². The lowest BCUT2D eigenvalue weighted by molar-refractivity contribution is -0.116. The second-order valence-electron chi connectivity index (χ2n) is 3.32. The maximum Gasteiger partial charge on any atom is 0.240 e. The van der Waals surface area contributed by atoms with Crippen molar-refractivity contribution in [3.8, 4) is 0 Å². The molecule has 2 nitrogen and oxygen atoms in total. The molecule has 1 fully saturated rings. The topological polar surface area (TPSA) is 20.3 Å². The lowest BCUT2D eigenvalue weighted by atomic mass is 10.3. The van der Waals surface area contributed by atoms with E-state index < -0.39 is 0 Å². The van der Waals surface area contributed by atoms with E-state index in [0.717, 1.165) is 6.42 Å². The first-order chi connectivity index (χ1) is 7.11. The lowest BCUT2D eigenvalue weighted by Gasteiger charge is -2.18. The van der Waals surface area contributed by atoms with Crippen molar-refractivity contribution in [3.05, 3.63) is 28.2 Å². The molecule has 0 aliphatic carbocycles. The van der Waals surface area contributed by atoms with E-state index >= 15 is 0 Å². The van der Waals surface area contributed by atoms with Crippen LogP contribution in [0.4, 0.5) is 5.69 Å². The molecule has 80 valence electrons. The van der Waals surface area contributed by atoms with Crippen LogP contribution >= 0.6 is 39.1 Å². The summed E-state index contributed by atoms with van der Waals surface area (Å²) in [6.45, 7) is 0.651. The summed E-state index contributed by atoms with van der Waals surface area (Å²) in [4.78, 5) is 13.3. The zero-order valence-electron chi connectivity index (χ0n) is 7.71. The van der Waals surface area contributed by atoms with Gasteiger partial charge in [0.05, 0.1) is 20.6 Å². The quantitative estimate of drug-likeness (QED) is 0.727. The molecule has 1 aliphatic heterocycles. The summed E-state index contributed by atoms with van der Waals surface area (Å²) in [5.74, 6) is 0.0185. The second kappa shape index (κ2) is 4.32. The maximum atomic E-state index is 11.8. The minimum atomic E-state index is -0.121. The summed E-state index contributed by atoms with van der Waals surface area (Å²) in [7, 11) is 0. The molecule has 1 saturated heterocycles. The van der Waals surface area contributed by atoms with Gasteiger partial charge in [-0.05, 0) is 18.6 Å². The number of amides is 1. The number of hydrogen-bond acceptors (Lipinski definition) is 1. The van der Waals surface area contributed by atoms with E-state index in [9.17, 15) is 4.79 Å². The highest BCUT2D eigenvalue weighted by atomic mass is 79.9. The van der Waals surface area contributed by atoms with Crippen molar-refractivity contribution in [3.63, 3.8) is 0 Å². The van der Waals surface area contributed by atoms with Crippen molar-refractivity contribution in [1.29, 1.82) is 0 Å². The highest BCUT2D eigenvalue weighted by Gasteiger charge is 2.32. The van der Waals surface area contributed by atoms with E-state index in [2.05, 4.69) is 15.9 Å². The molecule has 0 saturated carbocycles. The highest BCUT2D eigenvalue weighted by molar-refractivity contribution is 9.10. The van der Waals surface area contributed by atoms with Gasteiger partial charge in [0.25, 0.3) is 0 Å². The molecule has 1 aliphatic rings. The van der Waals surface area contributed by atoms with Gasteiger partial charge >= 0.3 is 0 Å². The van der Waals surface area contributed by atoms with Crippen LogP contribution in [0, 0.1) is 0 Å². The molecule has 0 aromatic heterocycles. The van der Waals surface area contributed by atoms with Gasteiger partial charge in [-0.25, -0.2) is 0 Å². The average Bonchev–Trinajstić information content (AvgIpc) is 2.49. The number of carbonyl (C=O) groups is 1. The molecule has 2 rings (SSSR count). The van der Waals surface area contributed by atoms with Crippen LogP contribution in [-0.4, -0.2) is 17.3 Å². The van der Waals surface area contributed by atoms with Crippen molar-refractivity contribution in [1.82, 2.24) is 0 Å². The Bertz CT molecular complexity index is 390. The summed E-state index contributed by atoms with van der Waals surface area (Å²) in [5, 5.41) is 1.02. The molecule has 1 amide bonds. The van der Waals surface area contributed by atoms with Gasteiger partial charge in [0.1, 0.15) is 0 Å². The first-order valence-electron chi connectivity index (χ1n) is 4.50. The Kier molecular flexibility index (Phi) is 3.24. The van der Waals surface area contributed by atoms with Crippen molar-refractivity contribution in [2.45, 2.75) is 11.2 Å². The van der Waals surface area contributed by atoms with Crippen LogP contribution in [0.3, 0.4) is 0 Å². The third-order valence-corrected chi connectivity index (χ3v) is 3.81. The third kappa shape index (κ3) is 2.01. The molecule has 0 bridgehead atoms. The Morgan fingerprint density at radius 1 is 1.33 bits per heavy atom. The summed E-state index contributed by atoms with van der Waals surface area (Å²) < 4.78 is 0. The molecule has 0 radical (unpaired) electrons. The molecular formula is C10H8BrCl2NO. The number of rotatable bonds is 1. The highest BCUT2D eigenvalue weighted by Crippen LogP contribution is 2.36. The lowest BCUT2D eigenvalue weighted by Crippen LogP contribution is -2.27. The normalized spacial score (nSPS) is 21.1. The smallest absolute Gasteiger partial charge is 0.240 e. The van der Waals surface area contributed by atoms with Crippen molar-refractivity contribution >= 4 is 50.7 Å². The number of nitrogens with zero attached hydrogens (tertiary/aromatic N) is 1. The number of halogens is 3. The molecule has 1 heterocycles. The monoisotopic (exact) mass is 307 g/mol. The van der Waals surface area contributed by atoms with E-state index in [0.29, 0.717) is 22.3 Å². The molecule has 1 atom stereocenters. The first kappa shape index (κ1) is 11.2. The van der Waals surface area contributed by atoms with Crippen molar-refractivity contribution in [2.75, 3.05) is 11.4 Å². The number of carbonyl (C=O) groups excluding carboxylic acids is 1. The van der Waals surface area contributed by atoms with Gasteiger partial charge in [0, 0.05) is 6.54 Å². The standard InChI is InChI=1S/C10H8BrCl2NO/c11-6-4-5-14(10(6)15)9-7(12)2-1-3-8(9)13/h1-3,6H,4-5H2. The minimum Gasteiger partial charge on any atom is -0.309 e. The van der Waals surface area contributed by atoms with E-state index in [1.165, 1.54) is 0 Å². The van der Waals surface area contributed by atoms with Crippen LogP contribution in [0.2, 0.25) is 10.0 Å². The van der Waals surface area contributed by atoms with Gasteiger partial charge in [0.2, 0.25) is 5.91 Å². The summed E-state index contributed by atoms with van der Waals surface area (Å²) in [6, 6.07) is 5.23. The fourth-order valence-corrected chi connectivity index (χ4v) is 2.67. The Morgan fingerprint density at radius 3 is 2.40 bits per heavy atom. The molecule has 1 unspecified atom stereocenters. The Hall–Kier alpha value is -0.250. The number of benzene rings is 1. The Morgan fingerprint density at radius 2 is 1.93 bits per heavy atom. The van der Waals surface area contributed by atoms with Gasteiger partial charge in [-0.15, -0.1) is 0 Å². The van der Waals surface area contributed by atoms with Crippen molar-refractivity contribution < 1.29 is 4.79 Å². The predicted octanol–water partition coefficient (Wildman–Crippen LogP) is 3.49. The second-order valence-corrected chi connectivity index (χ2v) is 5.24. The number of alkyl halides is 1. The Balaban J connectivity index is 2.42. The van der Waals surface area contributed by atoms with Crippen LogP contribution in [-0.2, 0) is 4.79 Å². The SMILES string of the molecule is O=C1C(Br)CCN1c1c(Cl)cccc1Cl. The van der Waals surface area contributed by atoms with Crippen LogP contribution in [0.15, 0.2) is 18.2 Å². The summed E-state index contributed by atoms with van der Waals surface area (Å²) in [6.07, 6.45) is 0.778. The summed E-state index contributed by atoms with van der Waals surface area (Å²) in [5.41, 5.74) is 0.618. The molecule has 0 N–H and O–H groups in total. The fourth-order valence-electron chi connectivity index (χ4n) is 1.61. The summed E-state index contributed by atoms with van der Waals surface area (Å²) >= 11 is 15.4. The van der Waals surface area contributed by atoms with Gasteiger partial charge < -0.3 is 4.90 Å².